The highest BCUT2D eigenvalue weighted by Crippen LogP contribution is 1.95. The van der Waals surface area contributed by atoms with E-state index >= 15 is 0 Å². The van der Waals surface area contributed by atoms with Crippen LogP contribution in [0.4, 0.5) is 0 Å². The monoisotopic (exact) mass is 296 g/mol. The Morgan fingerprint density at radius 1 is 0.455 bits per heavy atom. The number of benzene rings is 3. The molecule has 0 fully saturated rings. The molecule has 0 unspecified atom stereocenters. The van der Waals surface area contributed by atoms with Crippen LogP contribution in [0.15, 0.2) is 84.9 Å². The predicted octanol–water partition coefficient (Wildman–Crippen LogP) is 1.32. The van der Waals surface area contributed by atoms with E-state index in [2.05, 4.69) is 97.1 Å². The zero-order chi connectivity index (χ0) is 14.8. The molecule has 0 N–H and O–H groups in total. The predicted molar refractivity (Wildman–Crippen MR) is 97.5 cm³/mol. The molecule has 1 heteroatoms. The van der Waals surface area contributed by atoms with Crippen molar-refractivity contribution in [3.8, 4) is 0 Å². The molecule has 0 bridgehead atoms. The van der Waals surface area contributed by atoms with Gasteiger partial charge in [-0.05, 0) is 26.0 Å². The maximum Gasteiger partial charge on any atom is 0.0877 e. The van der Waals surface area contributed by atoms with Gasteiger partial charge in [-0.3, -0.25) is 0 Å². The Kier molecular flexibility index (Phi) is 3.41. The summed E-state index contributed by atoms with van der Waals surface area (Å²) in [6, 6.07) is 30.4. The minimum atomic E-state index is -0.938. The zero-order valence-electron chi connectivity index (χ0n) is 12.2. The van der Waals surface area contributed by atoms with Crippen LogP contribution in [0.1, 0.15) is 0 Å². The second-order valence-electron chi connectivity index (χ2n) is 5.48. The van der Waals surface area contributed by atoms with Gasteiger partial charge in [-0.1, -0.05) is 97.1 Å². The Morgan fingerprint density at radius 3 is 1.32 bits per heavy atom. The molecule has 0 aromatic heterocycles. The fourth-order valence-electron chi connectivity index (χ4n) is 3.00. The third kappa shape index (κ3) is 2.40. The van der Waals surface area contributed by atoms with E-state index in [9.17, 15) is 0 Å². The number of fused-ring (bicyclic) bond motifs is 1. The van der Waals surface area contributed by atoms with E-state index in [0.717, 1.165) is 0 Å². The molecular weight excluding hydrogens is 280 g/mol. The van der Waals surface area contributed by atoms with E-state index in [1.165, 1.54) is 26.0 Å². The van der Waals surface area contributed by atoms with E-state index in [1.54, 1.807) is 0 Å². The van der Waals surface area contributed by atoms with Crippen LogP contribution in [-0.4, -0.2) is 13.6 Å². The first-order chi connectivity index (χ1) is 10.9. The molecule has 1 aliphatic rings. The average molecular weight is 296 g/mol. The second-order valence-corrected chi connectivity index (χ2v) is 7.96. The van der Waals surface area contributed by atoms with Crippen LogP contribution in [0.2, 0.25) is 0 Å². The van der Waals surface area contributed by atoms with Crippen LogP contribution in [-0.2, 0) is 0 Å². The molecule has 3 aromatic carbocycles. The van der Waals surface area contributed by atoms with Gasteiger partial charge in [-0.15, -0.1) is 0 Å². The van der Waals surface area contributed by atoms with Gasteiger partial charge in [0.25, 0.3) is 0 Å². The summed E-state index contributed by atoms with van der Waals surface area (Å²) in [4.78, 5) is 0. The number of rotatable bonds is 2. The minimum Gasteiger partial charge on any atom is -0.0623 e. The minimum absolute atomic E-state index is 0.938. The van der Waals surface area contributed by atoms with Gasteiger partial charge in [-0.2, -0.15) is 0 Å². The van der Waals surface area contributed by atoms with Gasteiger partial charge in [-0.25, -0.2) is 0 Å². The number of hydrogen-bond acceptors (Lipinski definition) is 0. The molecule has 0 spiro atoms. The van der Waals surface area contributed by atoms with Gasteiger partial charge in [0, 0.05) is 0 Å². The van der Waals surface area contributed by atoms with Gasteiger partial charge >= 0.3 is 0 Å². The summed E-state index contributed by atoms with van der Waals surface area (Å²) >= 11 is 0. The zero-order valence-corrected chi connectivity index (χ0v) is 13.2. The highest BCUT2D eigenvalue weighted by Gasteiger charge is 2.12. The summed E-state index contributed by atoms with van der Waals surface area (Å²) in [5, 5.41) is 7.02. The lowest BCUT2D eigenvalue weighted by atomic mass is 10.3. The summed E-state index contributed by atoms with van der Waals surface area (Å²) in [6.45, 7) is 0. The van der Waals surface area contributed by atoms with Crippen LogP contribution >= 0.6 is 0 Å². The Morgan fingerprint density at radius 2 is 0.864 bits per heavy atom. The standard InChI is InChI=1S/C21H16Si/c1-3-11-19(12-4-1)22(20-13-5-2-6-14-20)21-15-17-9-7-8-10-18(17)16-21/h1-16H. The summed E-state index contributed by atoms with van der Waals surface area (Å²) in [5.41, 5.74) is 0. The Hall–Kier alpha value is -2.51. The fraction of sp³-hybridized carbons (Fsp3) is 0. The van der Waals surface area contributed by atoms with Crippen molar-refractivity contribution < 1.29 is 0 Å². The molecule has 0 radical (unpaired) electrons. The van der Waals surface area contributed by atoms with Crippen molar-refractivity contribution in [2.45, 2.75) is 0 Å². The van der Waals surface area contributed by atoms with Crippen molar-refractivity contribution in [2.24, 2.45) is 0 Å². The quantitative estimate of drug-likeness (QED) is 0.626. The third-order valence-electron chi connectivity index (χ3n) is 4.03. The van der Waals surface area contributed by atoms with E-state index in [4.69, 9.17) is 0 Å². The van der Waals surface area contributed by atoms with Crippen LogP contribution in [0.3, 0.4) is 0 Å². The van der Waals surface area contributed by atoms with Crippen LogP contribution < -0.4 is 20.8 Å². The Bertz CT molecular complexity index is 873. The molecule has 104 valence electrons. The van der Waals surface area contributed by atoms with Crippen LogP contribution in [0, 0.1) is 0 Å². The fourth-order valence-corrected chi connectivity index (χ4v) is 5.66. The topological polar surface area (TPSA) is 0 Å². The van der Waals surface area contributed by atoms with Crippen molar-refractivity contribution in [1.29, 1.82) is 0 Å². The first-order valence-electron chi connectivity index (χ1n) is 7.55. The Balaban J connectivity index is 2.01. The molecule has 0 saturated heterocycles. The molecule has 22 heavy (non-hydrogen) atoms. The lowest BCUT2D eigenvalue weighted by Crippen LogP contribution is -2.38. The van der Waals surface area contributed by atoms with Crippen molar-refractivity contribution in [3.63, 3.8) is 0 Å². The molecule has 0 saturated carbocycles. The molecule has 0 heterocycles. The van der Waals surface area contributed by atoms with Crippen molar-refractivity contribution in [3.05, 3.63) is 95.4 Å². The largest absolute Gasteiger partial charge is 0.0877 e. The van der Waals surface area contributed by atoms with Crippen LogP contribution in [0.25, 0.3) is 12.2 Å². The lowest BCUT2D eigenvalue weighted by Gasteiger charge is -2.09. The van der Waals surface area contributed by atoms with Gasteiger partial charge in [0.1, 0.15) is 0 Å². The van der Waals surface area contributed by atoms with E-state index in [0.29, 0.717) is 0 Å². The summed E-state index contributed by atoms with van der Waals surface area (Å²) in [5.74, 6) is 0. The maximum atomic E-state index is 2.36. The normalized spacial score (nSPS) is 12.3. The van der Waals surface area contributed by atoms with Crippen molar-refractivity contribution in [2.75, 3.05) is 0 Å². The maximum absolute atomic E-state index is 2.36. The summed E-state index contributed by atoms with van der Waals surface area (Å²) < 4.78 is 0. The van der Waals surface area contributed by atoms with Gasteiger partial charge < -0.3 is 0 Å². The molecule has 3 aromatic rings. The Labute approximate surface area is 131 Å². The van der Waals surface area contributed by atoms with Gasteiger partial charge in [0.15, 0.2) is 0 Å². The molecule has 0 atom stereocenters. The van der Waals surface area contributed by atoms with E-state index in [1.807, 2.05) is 0 Å². The van der Waals surface area contributed by atoms with Crippen molar-refractivity contribution in [1.82, 2.24) is 0 Å². The second kappa shape index (κ2) is 5.70. The first kappa shape index (κ1) is 13.2. The molecule has 0 nitrogen and oxygen atoms in total. The van der Waals surface area contributed by atoms with Crippen LogP contribution in [0.5, 0.6) is 0 Å². The average Bonchev–Trinajstić information content (AvgIpc) is 3.00. The smallest absolute Gasteiger partial charge is 0.0623 e. The molecule has 0 aliphatic heterocycles. The first-order valence-corrected chi connectivity index (χ1v) is 9.05. The van der Waals surface area contributed by atoms with Crippen molar-refractivity contribution >= 4 is 36.1 Å². The van der Waals surface area contributed by atoms with Gasteiger partial charge in [0.2, 0.25) is 0 Å². The lowest BCUT2D eigenvalue weighted by molar-refractivity contribution is 1.55. The van der Waals surface area contributed by atoms with E-state index < -0.39 is 8.41 Å². The van der Waals surface area contributed by atoms with E-state index in [-0.39, 0.29) is 0 Å². The summed E-state index contributed by atoms with van der Waals surface area (Å²) in [7, 11) is -0.938. The third-order valence-corrected chi connectivity index (χ3v) is 6.72. The molecular formula is C21H16Si. The molecule has 1 aliphatic carbocycles. The summed E-state index contributed by atoms with van der Waals surface area (Å²) in [6.07, 6.45) is 4.73. The molecule has 0 amide bonds. The number of hydrogen-bond donors (Lipinski definition) is 0. The molecule has 4 rings (SSSR count). The highest BCUT2D eigenvalue weighted by atomic mass is 28.2. The SMILES string of the molecule is C1=c2ccccc2=CC1=[Si](c1ccccc1)c1ccccc1. The van der Waals surface area contributed by atoms with Gasteiger partial charge in [0.05, 0.1) is 8.41 Å². The highest BCUT2D eigenvalue weighted by molar-refractivity contribution is 6.98.